The lowest BCUT2D eigenvalue weighted by Crippen LogP contribution is -2.39. The molecule has 1 N–H and O–H groups in total. The van der Waals surface area contributed by atoms with E-state index in [9.17, 15) is 4.79 Å². The molecule has 106 valence electrons. The highest BCUT2D eigenvalue weighted by molar-refractivity contribution is 5.87. The summed E-state index contributed by atoms with van der Waals surface area (Å²) in [7, 11) is 0. The van der Waals surface area contributed by atoms with Gasteiger partial charge in [-0.15, -0.1) is 0 Å². The molecular formula is C16H24O3. The van der Waals surface area contributed by atoms with E-state index in [4.69, 9.17) is 9.84 Å². The molecule has 0 aromatic heterocycles. The second-order valence-corrected chi connectivity index (χ2v) is 6.50. The van der Waals surface area contributed by atoms with Crippen LogP contribution < -0.4 is 0 Å². The Labute approximate surface area is 115 Å². The van der Waals surface area contributed by atoms with Crippen molar-refractivity contribution in [3.63, 3.8) is 0 Å². The van der Waals surface area contributed by atoms with Gasteiger partial charge in [-0.25, -0.2) is 4.79 Å². The molecule has 0 atom stereocenters. The van der Waals surface area contributed by atoms with Crippen molar-refractivity contribution >= 4 is 5.97 Å². The molecule has 0 spiro atoms. The lowest BCUT2D eigenvalue weighted by molar-refractivity contribution is -0.0998. The first-order valence-corrected chi connectivity index (χ1v) is 6.51. The maximum Gasteiger partial charge on any atom is 0.335 e. The summed E-state index contributed by atoms with van der Waals surface area (Å²) in [6.07, 6.45) is 0. The number of aryl methyl sites for hydroxylation is 1. The van der Waals surface area contributed by atoms with Gasteiger partial charge in [0.2, 0.25) is 0 Å². The molecule has 3 nitrogen and oxygen atoms in total. The van der Waals surface area contributed by atoms with E-state index in [0.717, 1.165) is 11.1 Å². The number of aromatic carboxylic acids is 1. The van der Waals surface area contributed by atoms with Crippen LogP contribution in [0.3, 0.4) is 0 Å². The number of carboxylic acids is 1. The third-order valence-corrected chi connectivity index (χ3v) is 3.99. The molecule has 0 radical (unpaired) electrons. The molecule has 0 unspecified atom stereocenters. The molecule has 1 aromatic rings. The second-order valence-electron chi connectivity index (χ2n) is 6.50. The Balaban J connectivity index is 2.89. The van der Waals surface area contributed by atoms with Gasteiger partial charge in [0, 0.05) is 0 Å². The topological polar surface area (TPSA) is 46.5 Å². The van der Waals surface area contributed by atoms with E-state index in [1.807, 2.05) is 13.0 Å². The van der Waals surface area contributed by atoms with E-state index < -0.39 is 5.97 Å². The average Bonchev–Trinajstić information content (AvgIpc) is 2.26. The van der Waals surface area contributed by atoms with Crippen LogP contribution in [0.15, 0.2) is 18.2 Å². The molecule has 0 bridgehead atoms. The van der Waals surface area contributed by atoms with E-state index in [-0.39, 0.29) is 11.0 Å². The highest BCUT2D eigenvalue weighted by atomic mass is 16.5. The van der Waals surface area contributed by atoms with Crippen LogP contribution in [0.1, 0.15) is 56.1 Å². The van der Waals surface area contributed by atoms with Gasteiger partial charge in [0.1, 0.15) is 0 Å². The molecule has 3 heteroatoms. The van der Waals surface area contributed by atoms with E-state index in [2.05, 4.69) is 34.6 Å². The maximum atomic E-state index is 11.0. The van der Waals surface area contributed by atoms with Crippen molar-refractivity contribution in [1.82, 2.24) is 0 Å². The lowest BCUT2D eigenvalue weighted by Gasteiger charge is -2.38. The summed E-state index contributed by atoms with van der Waals surface area (Å²) in [5.74, 6) is -0.906. The number of benzene rings is 1. The summed E-state index contributed by atoms with van der Waals surface area (Å²) in [6, 6.07) is 5.14. The molecule has 1 aromatic carbocycles. The van der Waals surface area contributed by atoms with Gasteiger partial charge in [0.25, 0.3) is 0 Å². The summed E-state index contributed by atoms with van der Waals surface area (Å²) in [4.78, 5) is 11.0. The quantitative estimate of drug-likeness (QED) is 0.893. The molecule has 0 heterocycles. The summed E-state index contributed by atoms with van der Waals surface area (Å²) in [6.45, 7) is 12.9. The Morgan fingerprint density at radius 3 is 2.26 bits per heavy atom. The minimum atomic E-state index is -0.906. The van der Waals surface area contributed by atoms with Crippen LogP contribution in [-0.2, 0) is 11.3 Å². The normalized spacial score (nSPS) is 12.5. The van der Waals surface area contributed by atoms with Crippen molar-refractivity contribution in [3.05, 3.63) is 34.9 Å². The van der Waals surface area contributed by atoms with Crippen LogP contribution in [-0.4, -0.2) is 16.7 Å². The second kappa shape index (κ2) is 5.33. The molecule has 0 aliphatic carbocycles. The number of ether oxygens (including phenoxy) is 1. The summed E-state index contributed by atoms with van der Waals surface area (Å²) in [5, 5.41) is 9.02. The number of rotatable bonds is 4. The molecule has 0 saturated heterocycles. The van der Waals surface area contributed by atoms with E-state index in [0.29, 0.717) is 12.2 Å². The first-order chi connectivity index (χ1) is 8.54. The lowest BCUT2D eigenvalue weighted by atomic mass is 9.79. The fraction of sp³-hybridized carbons (Fsp3) is 0.562. The van der Waals surface area contributed by atoms with Crippen molar-refractivity contribution in [2.75, 3.05) is 0 Å². The van der Waals surface area contributed by atoms with Crippen LogP contribution in [0.25, 0.3) is 0 Å². The summed E-state index contributed by atoms with van der Waals surface area (Å²) in [5.41, 5.74) is 2.02. The average molecular weight is 264 g/mol. The minimum Gasteiger partial charge on any atom is -0.478 e. The van der Waals surface area contributed by atoms with E-state index in [1.54, 1.807) is 12.1 Å². The Hall–Kier alpha value is -1.35. The molecule has 0 fully saturated rings. The van der Waals surface area contributed by atoms with Gasteiger partial charge in [0.15, 0.2) is 0 Å². The smallest absolute Gasteiger partial charge is 0.335 e. The van der Waals surface area contributed by atoms with Crippen molar-refractivity contribution in [3.8, 4) is 0 Å². The predicted octanol–water partition coefficient (Wildman–Crippen LogP) is 4.03. The maximum absolute atomic E-state index is 11.0. The molecule has 0 aliphatic rings. The van der Waals surface area contributed by atoms with Crippen LogP contribution in [0.5, 0.6) is 0 Å². The van der Waals surface area contributed by atoms with Gasteiger partial charge in [-0.2, -0.15) is 0 Å². The van der Waals surface area contributed by atoms with Crippen molar-refractivity contribution in [1.29, 1.82) is 0 Å². The fourth-order valence-corrected chi connectivity index (χ4v) is 1.43. The van der Waals surface area contributed by atoms with Crippen LogP contribution in [0.2, 0.25) is 0 Å². The van der Waals surface area contributed by atoms with Crippen molar-refractivity contribution < 1.29 is 14.6 Å². The largest absolute Gasteiger partial charge is 0.478 e. The zero-order valence-electron chi connectivity index (χ0n) is 12.7. The fourth-order valence-electron chi connectivity index (χ4n) is 1.43. The standard InChI is InChI=1S/C16H24O3/c1-11-7-8-12(14(17)18)9-13(11)10-19-16(5,6)15(2,3)4/h7-9H,10H2,1-6H3,(H,17,18). The highest BCUT2D eigenvalue weighted by Crippen LogP contribution is 2.33. The monoisotopic (exact) mass is 264 g/mol. The third kappa shape index (κ3) is 3.80. The van der Waals surface area contributed by atoms with E-state index >= 15 is 0 Å². The molecule has 1 rings (SSSR count). The minimum absolute atomic E-state index is 0.0192. The van der Waals surface area contributed by atoms with Gasteiger partial charge in [0.05, 0.1) is 17.8 Å². The highest BCUT2D eigenvalue weighted by Gasteiger charge is 2.33. The number of hydrogen-bond donors (Lipinski definition) is 1. The SMILES string of the molecule is Cc1ccc(C(=O)O)cc1COC(C)(C)C(C)(C)C. The van der Waals surface area contributed by atoms with E-state index in [1.165, 1.54) is 0 Å². The number of carbonyl (C=O) groups is 1. The molecule has 0 saturated carbocycles. The molecule has 0 aliphatic heterocycles. The molecular weight excluding hydrogens is 240 g/mol. The van der Waals surface area contributed by atoms with Gasteiger partial charge < -0.3 is 9.84 Å². The first-order valence-electron chi connectivity index (χ1n) is 6.51. The van der Waals surface area contributed by atoms with Gasteiger partial charge >= 0.3 is 5.97 Å². The summed E-state index contributed by atoms with van der Waals surface area (Å²) < 4.78 is 6.00. The Morgan fingerprint density at radius 2 is 1.79 bits per heavy atom. The van der Waals surface area contributed by atoms with Gasteiger partial charge in [-0.05, 0) is 49.4 Å². The van der Waals surface area contributed by atoms with Crippen LogP contribution in [0.4, 0.5) is 0 Å². The number of carboxylic acid groups (broad SMARTS) is 1. The summed E-state index contributed by atoms with van der Waals surface area (Å²) >= 11 is 0. The van der Waals surface area contributed by atoms with Gasteiger partial charge in [-0.3, -0.25) is 0 Å². The van der Waals surface area contributed by atoms with Crippen LogP contribution >= 0.6 is 0 Å². The van der Waals surface area contributed by atoms with Crippen molar-refractivity contribution in [2.45, 2.75) is 53.8 Å². The Morgan fingerprint density at radius 1 is 1.21 bits per heavy atom. The molecule has 19 heavy (non-hydrogen) atoms. The van der Waals surface area contributed by atoms with Crippen LogP contribution in [0, 0.1) is 12.3 Å². The Kier molecular flexibility index (Phi) is 4.41. The predicted molar refractivity (Wildman–Crippen MR) is 76.5 cm³/mol. The third-order valence-electron chi connectivity index (χ3n) is 3.99. The zero-order chi connectivity index (χ0) is 14.8. The Bertz CT molecular complexity index is 467. The zero-order valence-corrected chi connectivity index (χ0v) is 12.7. The molecule has 0 amide bonds. The van der Waals surface area contributed by atoms with Gasteiger partial charge in [-0.1, -0.05) is 26.8 Å². The number of hydrogen-bond acceptors (Lipinski definition) is 2. The van der Waals surface area contributed by atoms with Crippen molar-refractivity contribution in [2.24, 2.45) is 5.41 Å². The first kappa shape index (κ1) is 15.7.